The fourth-order valence-electron chi connectivity index (χ4n) is 3.57. The lowest BCUT2D eigenvalue weighted by molar-refractivity contribution is 0.945. The summed E-state index contributed by atoms with van der Waals surface area (Å²) in [6, 6.07) is 26.8. The molecule has 0 spiro atoms. The minimum atomic E-state index is 0.732. The second-order valence-corrected chi connectivity index (χ2v) is 7.30. The van der Waals surface area contributed by atoms with Gasteiger partial charge in [-0.15, -0.1) is 0 Å². The zero-order valence-corrected chi connectivity index (χ0v) is 16.1. The first kappa shape index (κ1) is 16.8. The standard InChI is InChI=1S/C24H18ClN3/c1-27-23(20-8-5-9-21(25)14-20)16-28-15-22(26-24(27)28)19-12-10-18(11-13-19)17-6-3-2-4-7-17/h2-16H,1H3. The maximum Gasteiger partial charge on any atom is 0.214 e. The first-order valence-corrected chi connectivity index (χ1v) is 9.53. The lowest BCUT2D eigenvalue weighted by atomic mass is 10.0. The summed E-state index contributed by atoms with van der Waals surface area (Å²) in [5, 5.41) is 0.732. The summed E-state index contributed by atoms with van der Waals surface area (Å²) in [4.78, 5) is 4.85. The van der Waals surface area contributed by atoms with Crippen LogP contribution in [0.5, 0.6) is 0 Å². The third-order valence-electron chi connectivity index (χ3n) is 5.04. The van der Waals surface area contributed by atoms with Crippen LogP contribution in [0.3, 0.4) is 0 Å². The van der Waals surface area contributed by atoms with E-state index in [1.807, 2.05) is 31.3 Å². The van der Waals surface area contributed by atoms with Crippen molar-refractivity contribution in [1.29, 1.82) is 0 Å². The van der Waals surface area contributed by atoms with Crippen LogP contribution in [-0.4, -0.2) is 14.0 Å². The number of hydrogen-bond donors (Lipinski definition) is 0. The van der Waals surface area contributed by atoms with Gasteiger partial charge in [0.2, 0.25) is 5.78 Å². The third kappa shape index (κ3) is 2.90. The van der Waals surface area contributed by atoms with E-state index in [0.29, 0.717) is 0 Å². The van der Waals surface area contributed by atoms with Gasteiger partial charge in [0.05, 0.1) is 11.4 Å². The van der Waals surface area contributed by atoms with Gasteiger partial charge in [-0.2, -0.15) is 0 Å². The molecule has 4 heteroatoms. The molecular formula is C24H18ClN3. The van der Waals surface area contributed by atoms with Gasteiger partial charge < -0.3 is 4.57 Å². The predicted octanol–water partition coefficient (Wildman–Crippen LogP) is 6.33. The maximum absolute atomic E-state index is 6.15. The van der Waals surface area contributed by atoms with Gasteiger partial charge in [0.1, 0.15) is 0 Å². The van der Waals surface area contributed by atoms with Gasteiger partial charge in [0, 0.05) is 35.6 Å². The molecule has 0 aliphatic carbocycles. The van der Waals surface area contributed by atoms with Gasteiger partial charge in [-0.1, -0.05) is 78.3 Å². The van der Waals surface area contributed by atoms with Crippen molar-refractivity contribution in [3.05, 3.63) is 96.3 Å². The fraction of sp³-hybridized carbons (Fsp3) is 0.0417. The molecule has 0 atom stereocenters. The van der Waals surface area contributed by atoms with Crippen molar-refractivity contribution >= 4 is 17.4 Å². The summed E-state index contributed by atoms with van der Waals surface area (Å²) in [7, 11) is 2.03. The topological polar surface area (TPSA) is 22.2 Å². The van der Waals surface area contributed by atoms with Gasteiger partial charge in [0.25, 0.3) is 0 Å². The van der Waals surface area contributed by atoms with E-state index in [1.165, 1.54) is 11.1 Å². The normalized spacial score (nSPS) is 11.2. The van der Waals surface area contributed by atoms with E-state index in [4.69, 9.17) is 16.6 Å². The van der Waals surface area contributed by atoms with Crippen molar-refractivity contribution in [2.75, 3.05) is 0 Å². The Balaban J connectivity index is 1.51. The Hall–Kier alpha value is -3.30. The van der Waals surface area contributed by atoms with Crippen molar-refractivity contribution in [3.63, 3.8) is 0 Å². The highest BCUT2D eigenvalue weighted by atomic mass is 35.5. The fourth-order valence-corrected chi connectivity index (χ4v) is 3.76. The van der Waals surface area contributed by atoms with Crippen LogP contribution in [0.25, 0.3) is 39.4 Å². The average molecular weight is 384 g/mol. The molecule has 0 aliphatic heterocycles. The third-order valence-corrected chi connectivity index (χ3v) is 5.28. The Morgan fingerprint density at radius 3 is 2.11 bits per heavy atom. The molecule has 0 saturated carbocycles. The molecule has 0 fully saturated rings. The predicted molar refractivity (Wildman–Crippen MR) is 115 cm³/mol. The summed E-state index contributed by atoms with van der Waals surface area (Å²) >= 11 is 6.15. The molecule has 136 valence electrons. The van der Waals surface area contributed by atoms with Crippen LogP contribution in [0.1, 0.15) is 0 Å². The molecule has 0 N–H and O–H groups in total. The molecule has 0 aliphatic rings. The quantitative estimate of drug-likeness (QED) is 0.357. The van der Waals surface area contributed by atoms with Gasteiger partial charge in [-0.05, 0) is 23.3 Å². The second kappa shape index (κ2) is 6.70. The molecule has 28 heavy (non-hydrogen) atoms. The second-order valence-electron chi connectivity index (χ2n) is 6.86. The molecule has 0 unspecified atom stereocenters. The highest BCUT2D eigenvalue weighted by Crippen LogP contribution is 2.28. The zero-order chi connectivity index (χ0) is 19.1. The first-order valence-electron chi connectivity index (χ1n) is 9.15. The minimum absolute atomic E-state index is 0.732. The largest absolute Gasteiger partial charge is 0.313 e. The minimum Gasteiger partial charge on any atom is -0.313 e. The van der Waals surface area contributed by atoms with Crippen molar-refractivity contribution in [1.82, 2.24) is 14.0 Å². The molecular weight excluding hydrogens is 366 g/mol. The molecule has 5 aromatic rings. The van der Waals surface area contributed by atoms with Crippen LogP contribution < -0.4 is 0 Å². The molecule has 3 aromatic carbocycles. The Morgan fingerprint density at radius 1 is 0.714 bits per heavy atom. The summed E-state index contributed by atoms with van der Waals surface area (Å²) in [5.41, 5.74) is 6.65. The average Bonchev–Trinajstić information content (AvgIpc) is 3.28. The summed E-state index contributed by atoms with van der Waals surface area (Å²) in [6.07, 6.45) is 4.16. The van der Waals surface area contributed by atoms with E-state index in [1.54, 1.807) is 0 Å². The summed E-state index contributed by atoms with van der Waals surface area (Å²) in [5.74, 6) is 0.900. The molecule has 3 nitrogen and oxygen atoms in total. The smallest absolute Gasteiger partial charge is 0.214 e. The van der Waals surface area contributed by atoms with Crippen molar-refractivity contribution in [2.24, 2.45) is 7.05 Å². The van der Waals surface area contributed by atoms with Crippen LogP contribution >= 0.6 is 11.6 Å². The van der Waals surface area contributed by atoms with E-state index in [0.717, 1.165) is 33.3 Å². The Kier molecular flexibility index (Phi) is 4.03. The van der Waals surface area contributed by atoms with E-state index >= 15 is 0 Å². The Labute approximate surface area is 168 Å². The highest BCUT2D eigenvalue weighted by Gasteiger charge is 2.12. The highest BCUT2D eigenvalue weighted by molar-refractivity contribution is 6.30. The van der Waals surface area contributed by atoms with Crippen molar-refractivity contribution in [2.45, 2.75) is 0 Å². The number of aryl methyl sites for hydroxylation is 1. The molecule has 5 rings (SSSR count). The van der Waals surface area contributed by atoms with Crippen LogP contribution in [0, 0.1) is 0 Å². The summed E-state index contributed by atoms with van der Waals surface area (Å²) < 4.78 is 4.16. The summed E-state index contributed by atoms with van der Waals surface area (Å²) in [6.45, 7) is 0. The number of rotatable bonds is 3. The van der Waals surface area contributed by atoms with E-state index in [9.17, 15) is 0 Å². The Bertz CT molecular complexity index is 1260. The van der Waals surface area contributed by atoms with Gasteiger partial charge in [-0.3, -0.25) is 4.40 Å². The molecule has 0 saturated heterocycles. The van der Waals surface area contributed by atoms with E-state index in [2.05, 4.69) is 76.0 Å². The van der Waals surface area contributed by atoms with E-state index < -0.39 is 0 Å². The molecule has 0 radical (unpaired) electrons. The molecule has 0 amide bonds. The lowest BCUT2D eigenvalue weighted by Crippen LogP contribution is -1.92. The number of aromatic nitrogens is 3. The number of imidazole rings is 2. The first-order chi connectivity index (χ1) is 13.7. The van der Waals surface area contributed by atoms with Crippen LogP contribution in [0.15, 0.2) is 91.3 Å². The van der Waals surface area contributed by atoms with Crippen molar-refractivity contribution in [3.8, 4) is 33.6 Å². The van der Waals surface area contributed by atoms with Crippen LogP contribution in [-0.2, 0) is 7.05 Å². The number of hydrogen-bond acceptors (Lipinski definition) is 1. The number of benzene rings is 3. The van der Waals surface area contributed by atoms with Crippen LogP contribution in [0.2, 0.25) is 5.02 Å². The zero-order valence-electron chi connectivity index (χ0n) is 15.4. The number of nitrogens with zero attached hydrogens (tertiary/aromatic N) is 3. The molecule has 0 bridgehead atoms. The Morgan fingerprint density at radius 2 is 1.39 bits per heavy atom. The van der Waals surface area contributed by atoms with Gasteiger partial charge in [0.15, 0.2) is 0 Å². The van der Waals surface area contributed by atoms with E-state index in [-0.39, 0.29) is 0 Å². The van der Waals surface area contributed by atoms with Crippen LogP contribution in [0.4, 0.5) is 0 Å². The lowest BCUT2D eigenvalue weighted by Gasteiger charge is -2.04. The maximum atomic E-state index is 6.15. The van der Waals surface area contributed by atoms with Crippen molar-refractivity contribution < 1.29 is 0 Å². The number of fused-ring (bicyclic) bond motifs is 1. The monoisotopic (exact) mass is 383 g/mol. The van der Waals surface area contributed by atoms with Gasteiger partial charge >= 0.3 is 0 Å². The SMILES string of the molecule is Cn1c(-c2cccc(Cl)c2)cn2cc(-c3ccc(-c4ccccc4)cc3)nc12. The van der Waals surface area contributed by atoms with Gasteiger partial charge in [-0.25, -0.2) is 4.98 Å². The molecule has 2 aromatic heterocycles. The number of halogens is 1. The molecule has 2 heterocycles.